The molecule has 27 heavy (non-hydrogen) atoms. The van der Waals surface area contributed by atoms with Crippen LogP contribution in [0.3, 0.4) is 0 Å². The predicted molar refractivity (Wildman–Crippen MR) is 119 cm³/mol. The van der Waals surface area contributed by atoms with Crippen LogP contribution < -0.4 is 25.4 Å². The van der Waals surface area contributed by atoms with Crippen LogP contribution in [0, 0.1) is 0 Å². The summed E-state index contributed by atoms with van der Waals surface area (Å²) in [6, 6.07) is 15.3. The summed E-state index contributed by atoms with van der Waals surface area (Å²) >= 11 is 5.30. The molecule has 0 bridgehead atoms. The van der Waals surface area contributed by atoms with Gasteiger partial charge in [0.25, 0.3) is 0 Å². The van der Waals surface area contributed by atoms with Crippen molar-refractivity contribution in [2.75, 3.05) is 36.9 Å². The Bertz CT molecular complexity index is 590. The molecule has 3 N–H and O–H groups in total. The minimum absolute atomic E-state index is 0.535. The van der Waals surface area contributed by atoms with E-state index in [9.17, 15) is 0 Å². The molecule has 0 unspecified atom stereocenters. The van der Waals surface area contributed by atoms with Crippen LogP contribution in [0.4, 0.5) is 11.4 Å². The van der Waals surface area contributed by atoms with Crippen molar-refractivity contribution < 1.29 is 9.47 Å². The van der Waals surface area contributed by atoms with Gasteiger partial charge in [-0.3, -0.25) is 0 Å². The Morgan fingerprint density at radius 1 is 0.704 bits per heavy atom. The third kappa shape index (κ3) is 9.82. The lowest BCUT2D eigenvalue weighted by molar-refractivity contribution is 0.340. The van der Waals surface area contributed by atoms with E-state index in [0.29, 0.717) is 18.3 Å². The predicted octanol–water partition coefficient (Wildman–Crippen LogP) is 4.91. The highest BCUT2D eigenvalue weighted by Gasteiger charge is 2.00. The van der Waals surface area contributed by atoms with Crippen molar-refractivity contribution in [2.24, 2.45) is 0 Å². The number of thiocarbonyl (C=S) groups is 1. The Hall–Kier alpha value is -2.31. The van der Waals surface area contributed by atoms with E-state index in [4.69, 9.17) is 21.7 Å². The fraction of sp³-hybridized carbons (Fsp3) is 0.381. The van der Waals surface area contributed by atoms with Crippen molar-refractivity contribution in [3.05, 3.63) is 48.5 Å². The van der Waals surface area contributed by atoms with Crippen LogP contribution in [0.2, 0.25) is 0 Å². The van der Waals surface area contributed by atoms with Gasteiger partial charge in [-0.2, -0.15) is 0 Å². The van der Waals surface area contributed by atoms with Crippen molar-refractivity contribution >= 4 is 28.7 Å². The van der Waals surface area contributed by atoms with Gasteiger partial charge in [-0.15, -0.1) is 0 Å². The molecule has 0 aliphatic heterocycles. The zero-order valence-corrected chi connectivity index (χ0v) is 17.5. The van der Waals surface area contributed by atoms with Crippen LogP contribution >= 0.6 is 12.2 Å². The molecule has 0 aliphatic carbocycles. The third-order valence-electron chi connectivity index (χ3n) is 3.35. The SMILES string of the molecule is CCNCC.CCOc1ccc(NC(=S)Nc2ccc(OCC)cc2)cc1. The quantitative estimate of drug-likeness (QED) is 0.558. The van der Waals surface area contributed by atoms with Gasteiger partial charge in [0.05, 0.1) is 13.2 Å². The Balaban J connectivity index is 0.000000646. The second-order valence-corrected chi connectivity index (χ2v) is 5.86. The Morgan fingerprint density at radius 2 is 1.07 bits per heavy atom. The summed E-state index contributed by atoms with van der Waals surface area (Å²) in [5.41, 5.74) is 1.82. The molecule has 148 valence electrons. The van der Waals surface area contributed by atoms with Crippen molar-refractivity contribution in [3.63, 3.8) is 0 Å². The number of benzene rings is 2. The molecule has 2 aromatic carbocycles. The molecule has 0 atom stereocenters. The summed E-state index contributed by atoms with van der Waals surface area (Å²) in [5.74, 6) is 1.69. The maximum absolute atomic E-state index is 5.40. The number of ether oxygens (including phenoxy) is 2. The van der Waals surface area contributed by atoms with Gasteiger partial charge in [-0.25, -0.2) is 0 Å². The van der Waals surface area contributed by atoms with Crippen LogP contribution in [0.1, 0.15) is 27.7 Å². The molecular formula is C21H31N3O2S. The maximum Gasteiger partial charge on any atom is 0.175 e. The lowest BCUT2D eigenvalue weighted by Gasteiger charge is -2.12. The molecule has 0 saturated heterocycles. The minimum atomic E-state index is 0.535. The first-order chi connectivity index (χ1) is 13.1. The number of nitrogens with one attached hydrogen (secondary N) is 3. The third-order valence-corrected chi connectivity index (χ3v) is 3.55. The molecule has 0 saturated carbocycles. The van der Waals surface area contributed by atoms with Crippen molar-refractivity contribution in [1.82, 2.24) is 5.32 Å². The normalized spacial score (nSPS) is 9.63. The van der Waals surface area contributed by atoms with Crippen LogP contribution in [-0.2, 0) is 0 Å². The summed E-state index contributed by atoms with van der Waals surface area (Å²) in [6.45, 7) is 11.6. The lowest BCUT2D eigenvalue weighted by atomic mass is 10.3. The fourth-order valence-electron chi connectivity index (χ4n) is 2.15. The summed E-state index contributed by atoms with van der Waals surface area (Å²) in [7, 11) is 0. The van der Waals surface area contributed by atoms with E-state index in [0.717, 1.165) is 36.0 Å². The summed E-state index contributed by atoms with van der Waals surface area (Å²) in [6.07, 6.45) is 0. The van der Waals surface area contributed by atoms with E-state index in [-0.39, 0.29) is 0 Å². The zero-order valence-electron chi connectivity index (χ0n) is 16.7. The van der Waals surface area contributed by atoms with Crippen molar-refractivity contribution in [1.29, 1.82) is 0 Å². The second kappa shape index (κ2) is 13.8. The highest BCUT2D eigenvalue weighted by Crippen LogP contribution is 2.18. The van der Waals surface area contributed by atoms with Crippen LogP contribution in [-0.4, -0.2) is 31.4 Å². The van der Waals surface area contributed by atoms with E-state index in [1.807, 2.05) is 62.4 Å². The molecule has 0 aliphatic rings. The zero-order chi connectivity index (χ0) is 19.9. The van der Waals surface area contributed by atoms with E-state index < -0.39 is 0 Å². The summed E-state index contributed by atoms with van der Waals surface area (Å²) < 4.78 is 10.8. The summed E-state index contributed by atoms with van der Waals surface area (Å²) in [5, 5.41) is 9.91. The summed E-state index contributed by atoms with van der Waals surface area (Å²) in [4.78, 5) is 0. The highest BCUT2D eigenvalue weighted by molar-refractivity contribution is 7.80. The average molecular weight is 390 g/mol. The maximum atomic E-state index is 5.40. The number of hydrogen-bond donors (Lipinski definition) is 3. The first-order valence-corrected chi connectivity index (χ1v) is 9.78. The molecule has 0 amide bonds. The van der Waals surface area contributed by atoms with Gasteiger partial charge in [-0.05, 0) is 87.7 Å². The molecule has 0 aromatic heterocycles. The van der Waals surface area contributed by atoms with E-state index in [1.54, 1.807) is 0 Å². The Labute approximate surface area is 168 Å². The van der Waals surface area contributed by atoms with Gasteiger partial charge < -0.3 is 25.4 Å². The Kier molecular flexibility index (Phi) is 11.6. The standard InChI is InChI=1S/C17H20N2O2S.C4H11N/c1-3-20-15-9-5-13(6-10-15)18-17(22)19-14-7-11-16(12-8-14)21-4-2;1-3-5-4-2/h5-12H,3-4H2,1-2H3,(H2,18,19,22);5H,3-4H2,1-2H3. The topological polar surface area (TPSA) is 54.5 Å². The first-order valence-electron chi connectivity index (χ1n) is 9.37. The van der Waals surface area contributed by atoms with E-state index in [2.05, 4.69) is 29.8 Å². The second-order valence-electron chi connectivity index (χ2n) is 5.45. The molecule has 0 spiro atoms. The number of anilines is 2. The van der Waals surface area contributed by atoms with Gasteiger partial charge in [0.2, 0.25) is 0 Å². The van der Waals surface area contributed by atoms with Crippen LogP contribution in [0.25, 0.3) is 0 Å². The minimum Gasteiger partial charge on any atom is -0.494 e. The van der Waals surface area contributed by atoms with Gasteiger partial charge in [-0.1, -0.05) is 13.8 Å². The van der Waals surface area contributed by atoms with Gasteiger partial charge in [0, 0.05) is 11.4 Å². The number of hydrogen-bond acceptors (Lipinski definition) is 4. The van der Waals surface area contributed by atoms with Gasteiger partial charge in [0.15, 0.2) is 5.11 Å². The largest absolute Gasteiger partial charge is 0.494 e. The average Bonchev–Trinajstić information content (AvgIpc) is 2.66. The van der Waals surface area contributed by atoms with Crippen LogP contribution in [0.5, 0.6) is 11.5 Å². The highest BCUT2D eigenvalue weighted by atomic mass is 32.1. The molecule has 6 heteroatoms. The lowest BCUT2D eigenvalue weighted by Crippen LogP contribution is -2.18. The number of rotatable bonds is 8. The molecule has 0 radical (unpaired) electrons. The van der Waals surface area contributed by atoms with Crippen molar-refractivity contribution in [3.8, 4) is 11.5 Å². The molecule has 5 nitrogen and oxygen atoms in total. The van der Waals surface area contributed by atoms with E-state index in [1.165, 1.54) is 0 Å². The van der Waals surface area contributed by atoms with Crippen molar-refractivity contribution in [2.45, 2.75) is 27.7 Å². The first kappa shape index (κ1) is 22.7. The van der Waals surface area contributed by atoms with Gasteiger partial charge >= 0.3 is 0 Å². The molecule has 0 heterocycles. The molecule has 2 aromatic rings. The van der Waals surface area contributed by atoms with Crippen LogP contribution in [0.15, 0.2) is 48.5 Å². The molecule has 2 rings (SSSR count). The fourth-order valence-corrected chi connectivity index (χ4v) is 2.38. The molecular weight excluding hydrogens is 358 g/mol. The monoisotopic (exact) mass is 389 g/mol. The van der Waals surface area contributed by atoms with E-state index >= 15 is 0 Å². The van der Waals surface area contributed by atoms with Gasteiger partial charge in [0.1, 0.15) is 11.5 Å². The Morgan fingerprint density at radius 3 is 1.33 bits per heavy atom. The molecule has 0 fully saturated rings. The smallest absolute Gasteiger partial charge is 0.175 e.